The van der Waals surface area contributed by atoms with Crippen molar-refractivity contribution in [2.75, 3.05) is 6.54 Å². The summed E-state index contributed by atoms with van der Waals surface area (Å²) in [7, 11) is -3.94. The van der Waals surface area contributed by atoms with Gasteiger partial charge in [-0.2, -0.15) is 13.2 Å². The zero-order valence-electron chi connectivity index (χ0n) is 19.1. The van der Waals surface area contributed by atoms with Crippen LogP contribution in [0.4, 0.5) is 13.2 Å². The highest BCUT2D eigenvalue weighted by Crippen LogP contribution is 2.30. The minimum Gasteiger partial charge on any atom is -0.481 e. The predicted octanol–water partition coefficient (Wildman–Crippen LogP) is 5.17. The van der Waals surface area contributed by atoms with E-state index in [1.807, 2.05) is 42.5 Å². The Morgan fingerprint density at radius 2 is 1.69 bits per heavy atom. The third-order valence-electron chi connectivity index (χ3n) is 5.50. The number of benzene rings is 2. The van der Waals surface area contributed by atoms with Gasteiger partial charge in [0.25, 0.3) is 0 Å². The Kier molecular flexibility index (Phi) is 9.00. The van der Waals surface area contributed by atoms with E-state index in [2.05, 4.69) is 9.71 Å². The molecule has 0 saturated carbocycles. The van der Waals surface area contributed by atoms with Crippen molar-refractivity contribution < 1.29 is 31.5 Å². The maximum atomic E-state index is 12.7. The van der Waals surface area contributed by atoms with Crippen molar-refractivity contribution in [3.8, 4) is 0 Å². The Balaban J connectivity index is 1.63. The largest absolute Gasteiger partial charge is 0.481 e. The van der Waals surface area contributed by atoms with Gasteiger partial charge in [-0.05, 0) is 59.9 Å². The van der Waals surface area contributed by atoms with E-state index in [4.69, 9.17) is 5.11 Å². The molecular formula is C26H25F3N2O4S. The van der Waals surface area contributed by atoms with Gasteiger partial charge in [0.1, 0.15) is 0 Å². The number of aromatic nitrogens is 1. The third-order valence-corrected chi connectivity index (χ3v) is 6.97. The average Bonchev–Trinajstić information content (AvgIpc) is 2.84. The van der Waals surface area contributed by atoms with E-state index in [0.717, 1.165) is 41.0 Å². The molecule has 2 aromatic carbocycles. The lowest BCUT2D eigenvalue weighted by Gasteiger charge is -2.16. The van der Waals surface area contributed by atoms with Crippen molar-refractivity contribution in [3.63, 3.8) is 0 Å². The van der Waals surface area contributed by atoms with Crippen molar-refractivity contribution >= 4 is 16.0 Å². The van der Waals surface area contributed by atoms with Crippen LogP contribution in [-0.4, -0.2) is 31.0 Å². The Labute approximate surface area is 207 Å². The summed E-state index contributed by atoms with van der Waals surface area (Å²) in [6.07, 6.45) is 3.27. The van der Waals surface area contributed by atoms with E-state index in [0.29, 0.717) is 12.8 Å². The molecule has 1 unspecified atom stereocenters. The Hall–Kier alpha value is -3.50. The number of halogens is 3. The van der Waals surface area contributed by atoms with E-state index in [1.54, 1.807) is 18.5 Å². The molecule has 0 aliphatic carbocycles. The second-order valence-electron chi connectivity index (χ2n) is 8.06. The molecule has 0 spiro atoms. The molecule has 0 radical (unpaired) electrons. The number of allylic oxidation sites excluding steroid dienone is 1. The fourth-order valence-electron chi connectivity index (χ4n) is 3.62. The maximum absolute atomic E-state index is 12.7. The first-order chi connectivity index (χ1) is 17.1. The highest BCUT2D eigenvalue weighted by atomic mass is 32.2. The van der Waals surface area contributed by atoms with Gasteiger partial charge in [0.05, 0.1) is 16.9 Å². The summed E-state index contributed by atoms with van der Waals surface area (Å²) < 4.78 is 65.3. The van der Waals surface area contributed by atoms with Crippen molar-refractivity contribution in [2.24, 2.45) is 0 Å². The number of carbonyl (C=O) groups is 1. The zero-order valence-corrected chi connectivity index (χ0v) is 20.0. The molecule has 1 atom stereocenters. The normalized spacial score (nSPS) is 13.1. The number of rotatable bonds is 11. The van der Waals surface area contributed by atoms with E-state index in [-0.39, 0.29) is 23.8 Å². The maximum Gasteiger partial charge on any atom is 0.416 e. The minimum atomic E-state index is -4.54. The second kappa shape index (κ2) is 12.0. The quantitative estimate of drug-likeness (QED) is 0.341. The Morgan fingerprint density at radius 3 is 2.28 bits per heavy atom. The minimum absolute atomic E-state index is 0.0315. The molecule has 6 nitrogen and oxygen atoms in total. The van der Waals surface area contributed by atoms with Gasteiger partial charge in [0.15, 0.2) is 0 Å². The summed E-state index contributed by atoms with van der Waals surface area (Å²) in [5.41, 5.74) is 1.94. The van der Waals surface area contributed by atoms with Crippen LogP contribution in [0.2, 0.25) is 0 Å². The second-order valence-corrected chi connectivity index (χ2v) is 9.82. The van der Waals surface area contributed by atoms with Crippen molar-refractivity contribution in [1.29, 1.82) is 0 Å². The standard InChI is InChI=1S/C26H25F3N2O4S/c27-26(28,29)22-11-13-23(14-12-22)36(34,35)31-17-15-19-7-9-20(10-8-19)24(5-1-2-6-25(32)33)21-4-3-16-30-18-21/h1-4,7-14,16,18,24,31H,5-6,15,17H2,(H,32,33)/b2-1+. The number of aliphatic carboxylic acids is 1. The summed E-state index contributed by atoms with van der Waals surface area (Å²) in [6, 6.07) is 14.8. The third kappa shape index (κ3) is 7.76. The van der Waals surface area contributed by atoms with Crippen LogP contribution in [0.15, 0.2) is 90.1 Å². The predicted molar refractivity (Wildman–Crippen MR) is 129 cm³/mol. The summed E-state index contributed by atoms with van der Waals surface area (Å²) in [5.74, 6) is -0.932. The number of carboxylic acid groups (broad SMARTS) is 1. The van der Waals surface area contributed by atoms with Crippen molar-refractivity contribution in [1.82, 2.24) is 9.71 Å². The molecule has 0 saturated heterocycles. The lowest BCUT2D eigenvalue weighted by atomic mass is 9.88. The molecule has 0 amide bonds. The number of nitrogens with one attached hydrogen (secondary N) is 1. The number of hydrogen-bond donors (Lipinski definition) is 2. The van der Waals surface area contributed by atoms with Gasteiger partial charge in [0, 0.05) is 24.9 Å². The highest BCUT2D eigenvalue weighted by molar-refractivity contribution is 7.89. The molecule has 36 heavy (non-hydrogen) atoms. The van der Waals surface area contributed by atoms with Crippen LogP contribution in [0.5, 0.6) is 0 Å². The van der Waals surface area contributed by atoms with Gasteiger partial charge in [-0.25, -0.2) is 13.1 Å². The smallest absolute Gasteiger partial charge is 0.416 e. The summed E-state index contributed by atoms with van der Waals surface area (Å²) in [4.78, 5) is 14.7. The van der Waals surface area contributed by atoms with Crippen LogP contribution >= 0.6 is 0 Å². The number of hydrogen-bond acceptors (Lipinski definition) is 4. The van der Waals surface area contributed by atoms with Gasteiger partial charge in [0.2, 0.25) is 10.0 Å². The zero-order chi connectivity index (χ0) is 26.2. The molecule has 190 valence electrons. The number of carboxylic acids is 1. The number of nitrogens with zero attached hydrogens (tertiary/aromatic N) is 1. The molecule has 0 bridgehead atoms. The molecule has 10 heteroatoms. The highest BCUT2D eigenvalue weighted by Gasteiger charge is 2.30. The van der Waals surface area contributed by atoms with Crippen LogP contribution < -0.4 is 4.72 Å². The van der Waals surface area contributed by atoms with E-state index >= 15 is 0 Å². The molecule has 2 N–H and O–H groups in total. The van der Waals surface area contributed by atoms with Gasteiger partial charge in [-0.3, -0.25) is 9.78 Å². The van der Waals surface area contributed by atoms with E-state index in [9.17, 15) is 26.4 Å². The molecule has 0 fully saturated rings. The monoisotopic (exact) mass is 518 g/mol. The van der Waals surface area contributed by atoms with E-state index in [1.165, 1.54) is 0 Å². The molecule has 3 rings (SSSR count). The molecule has 1 aromatic heterocycles. The molecule has 0 aliphatic heterocycles. The Bertz CT molecular complexity index is 1280. The van der Waals surface area contributed by atoms with Crippen LogP contribution in [0.3, 0.4) is 0 Å². The molecular weight excluding hydrogens is 493 g/mol. The molecule has 0 aliphatic rings. The first-order valence-corrected chi connectivity index (χ1v) is 12.6. The average molecular weight is 519 g/mol. The Morgan fingerprint density at radius 1 is 1.00 bits per heavy atom. The van der Waals surface area contributed by atoms with Crippen LogP contribution in [0.1, 0.15) is 41.0 Å². The fourth-order valence-corrected chi connectivity index (χ4v) is 4.65. The summed E-state index contributed by atoms with van der Waals surface area (Å²) in [6.45, 7) is 0.0761. The van der Waals surface area contributed by atoms with Gasteiger partial charge >= 0.3 is 12.1 Å². The first kappa shape index (κ1) is 27.1. The van der Waals surface area contributed by atoms with Gasteiger partial charge < -0.3 is 5.11 Å². The fraction of sp³-hybridized carbons (Fsp3) is 0.231. The molecule has 1 heterocycles. The van der Waals surface area contributed by atoms with Crippen molar-refractivity contribution in [3.05, 3.63) is 107 Å². The lowest BCUT2D eigenvalue weighted by molar-refractivity contribution is -0.138. The summed E-state index contributed by atoms with van der Waals surface area (Å²) >= 11 is 0. The lowest BCUT2D eigenvalue weighted by Crippen LogP contribution is -2.26. The molecule has 3 aromatic rings. The number of pyridine rings is 1. The first-order valence-electron chi connectivity index (χ1n) is 11.1. The van der Waals surface area contributed by atoms with Crippen molar-refractivity contribution in [2.45, 2.75) is 36.3 Å². The van der Waals surface area contributed by atoms with Gasteiger partial charge in [-0.15, -0.1) is 0 Å². The summed E-state index contributed by atoms with van der Waals surface area (Å²) in [5, 5.41) is 8.82. The number of sulfonamides is 1. The van der Waals surface area contributed by atoms with Crippen LogP contribution in [0, 0.1) is 0 Å². The van der Waals surface area contributed by atoms with Crippen LogP contribution in [0.25, 0.3) is 0 Å². The van der Waals surface area contributed by atoms with Gasteiger partial charge in [-0.1, -0.05) is 42.5 Å². The SMILES string of the molecule is O=C(O)C/C=C/CC(c1ccc(CCNS(=O)(=O)c2ccc(C(F)(F)F)cc2)cc1)c1cccnc1. The number of alkyl halides is 3. The topological polar surface area (TPSA) is 96.4 Å². The van der Waals surface area contributed by atoms with E-state index < -0.39 is 27.7 Å². The van der Waals surface area contributed by atoms with Crippen LogP contribution in [-0.2, 0) is 27.4 Å².